The van der Waals surface area contributed by atoms with Crippen molar-refractivity contribution in [3.8, 4) is 5.69 Å². The molecular weight excluding hydrogens is 396 g/mol. The molecule has 0 aliphatic carbocycles. The van der Waals surface area contributed by atoms with Crippen molar-refractivity contribution in [2.24, 2.45) is 0 Å². The van der Waals surface area contributed by atoms with Crippen LogP contribution in [-0.2, 0) is 10.5 Å². The van der Waals surface area contributed by atoms with Crippen LogP contribution < -0.4 is 5.56 Å². The Morgan fingerprint density at radius 3 is 2.86 bits per heavy atom. The van der Waals surface area contributed by atoms with Crippen molar-refractivity contribution in [2.45, 2.75) is 17.8 Å². The fourth-order valence-corrected chi connectivity index (χ4v) is 4.54. The van der Waals surface area contributed by atoms with Gasteiger partial charge in [-0.3, -0.25) is 9.36 Å². The smallest absolute Gasteiger partial charge is 0.341 e. The standard InChI is InChI=1S/C20H16N2O4S2/c1-2-25-19(24)14-8-10-26-16(14)12-28-20-21-17-15(9-11-27-17)18(23)22(20)13-6-4-3-5-7-13/h3-11H,2,12H2,1H3. The Hall–Kier alpha value is -2.84. The molecule has 0 aliphatic rings. The average molecular weight is 412 g/mol. The third kappa shape index (κ3) is 3.48. The number of fused-ring (bicyclic) bond motifs is 1. The Morgan fingerprint density at radius 2 is 2.07 bits per heavy atom. The minimum absolute atomic E-state index is 0.120. The van der Waals surface area contributed by atoms with Crippen molar-refractivity contribution < 1.29 is 13.9 Å². The summed E-state index contributed by atoms with van der Waals surface area (Å²) in [6.07, 6.45) is 1.46. The van der Waals surface area contributed by atoms with Gasteiger partial charge in [-0.05, 0) is 36.6 Å². The van der Waals surface area contributed by atoms with Crippen LogP contribution in [0.25, 0.3) is 15.9 Å². The highest BCUT2D eigenvalue weighted by atomic mass is 32.2. The molecule has 3 heterocycles. The molecule has 0 fully saturated rings. The summed E-state index contributed by atoms with van der Waals surface area (Å²) in [5.41, 5.74) is 1.01. The Balaban J connectivity index is 1.73. The summed E-state index contributed by atoms with van der Waals surface area (Å²) >= 11 is 2.76. The van der Waals surface area contributed by atoms with Crippen molar-refractivity contribution in [2.75, 3.05) is 6.61 Å². The van der Waals surface area contributed by atoms with Gasteiger partial charge in [0.25, 0.3) is 5.56 Å². The fraction of sp³-hybridized carbons (Fsp3) is 0.150. The second-order valence-corrected chi connectivity index (χ2v) is 7.61. The van der Waals surface area contributed by atoms with Crippen molar-refractivity contribution in [1.29, 1.82) is 0 Å². The van der Waals surface area contributed by atoms with E-state index in [4.69, 9.17) is 9.15 Å². The lowest BCUT2D eigenvalue weighted by Gasteiger charge is -2.11. The zero-order valence-corrected chi connectivity index (χ0v) is 16.6. The number of esters is 1. The van der Waals surface area contributed by atoms with Gasteiger partial charge in [0.2, 0.25) is 0 Å². The maximum absolute atomic E-state index is 13.1. The van der Waals surface area contributed by atoms with Crippen LogP contribution in [0, 0.1) is 0 Å². The second kappa shape index (κ2) is 8.04. The number of carbonyl (C=O) groups is 1. The molecule has 4 aromatic rings. The number of ether oxygens (including phenoxy) is 1. The molecule has 8 heteroatoms. The molecule has 0 radical (unpaired) electrons. The molecule has 0 atom stereocenters. The highest BCUT2D eigenvalue weighted by Crippen LogP contribution is 2.28. The van der Waals surface area contributed by atoms with Gasteiger partial charge in [0.05, 0.1) is 29.7 Å². The maximum atomic E-state index is 13.1. The third-order valence-electron chi connectivity index (χ3n) is 4.05. The number of rotatable bonds is 6. The molecule has 3 aromatic heterocycles. The van der Waals surface area contributed by atoms with E-state index in [0.29, 0.717) is 39.1 Å². The zero-order valence-electron chi connectivity index (χ0n) is 15.0. The van der Waals surface area contributed by atoms with Gasteiger partial charge in [-0.2, -0.15) is 0 Å². The van der Waals surface area contributed by atoms with Gasteiger partial charge in [-0.1, -0.05) is 30.0 Å². The molecule has 6 nitrogen and oxygen atoms in total. The van der Waals surface area contributed by atoms with Gasteiger partial charge in [0, 0.05) is 0 Å². The van der Waals surface area contributed by atoms with E-state index in [1.54, 1.807) is 23.6 Å². The molecule has 142 valence electrons. The van der Waals surface area contributed by atoms with Crippen LogP contribution in [0.1, 0.15) is 23.0 Å². The molecule has 1 aromatic carbocycles. The monoisotopic (exact) mass is 412 g/mol. The third-order valence-corrected chi connectivity index (χ3v) is 5.80. The molecule has 28 heavy (non-hydrogen) atoms. The van der Waals surface area contributed by atoms with E-state index in [9.17, 15) is 9.59 Å². The van der Waals surface area contributed by atoms with Gasteiger partial charge in [-0.15, -0.1) is 11.3 Å². The quantitative estimate of drug-likeness (QED) is 0.264. The lowest BCUT2D eigenvalue weighted by atomic mass is 10.3. The lowest BCUT2D eigenvalue weighted by molar-refractivity contribution is 0.0524. The molecular formula is C20H16N2O4S2. The molecule has 0 saturated heterocycles. The molecule has 0 saturated carbocycles. The largest absolute Gasteiger partial charge is 0.468 e. The second-order valence-electron chi connectivity index (χ2n) is 5.78. The van der Waals surface area contributed by atoms with Gasteiger partial charge in [0.1, 0.15) is 16.2 Å². The summed E-state index contributed by atoms with van der Waals surface area (Å²) in [6.45, 7) is 2.05. The Morgan fingerprint density at radius 1 is 1.25 bits per heavy atom. The molecule has 0 spiro atoms. The van der Waals surface area contributed by atoms with Crippen molar-refractivity contribution in [1.82, 2.24) is 9.55 Å². The minimum Gasteiger partial charge on any atom is -0.468 e. The highest BCUT2D eigenvalue weighted by molar-refractivity contribution is 7.98. The van der Waals surface area contributed by atoms with Crippen LogP contribution >= 0.6 is 23.1 Å². The number of benzene rings is 1. The van der Waals surface area contributed by atoms with Crippen LogP contribution in [0.5, 0.6) is 0 Å². The van der Waals surface area contributed by atoms with E-state index in [0.717, 1.165) is 5.69 Å². The SMILES string of the molecule is CCOC(=O)c1ccoc1CSc1nc2sccc2c(=O)n1-c1ccccc1. The van der Waals surface area contributed by atoms with E-state index in [1.807, 2.05) is 35.7 Å². The number of para-hydroxylation sites is 1. The van der Waals surface area contributed by atoms with Crippen LogP contribution in [0.2, 0.25) is 0 Å². The first-order chi connectivity index (χ1) is 13.7. The fourth-order valence-electron chi connectivity index (χ4n) is 2.77. The molecule has 4 rings (SSSR count). The number of thioether (sulfide) groups is 1. The van der Waals surface area contributed by atoms with E-state index in [2.05, 4.69) is 4.98 Å². The van der Waals surface area contributed by atoms with E-state index < -0.39 is 5.97 Å². The van der Waals surface area contributed by atoms with E-state index >= 15 is 0 Å². The highest BCUT2D eigenvalue weighted by Gasteiger charge is 2.19. The van der Waals surface area contributed by atoms with Crippen LogP contribution in [0.15, 0.2) is 68.5 Å². The molecule has 0 bridgehead atoms. The number of hydrogen-bond acceptors (Lipinski definition) is 7. The van der Waals surface area contributed by atoms with Crippen molar-refractivity contribution in [3.05, 3.63) is 75.8 Å². The van der Waals surface area contributed by atoms with Crippen molar-refractivity contribution >= 4 is 39.3 Å². The van der Waals surface area contributed by atoms with Gasteiger partial charge < -0.3 is 9.15 Å². The maximum Gasteiger partial charge on any atom is 0.341 e. The molecule has 0 amide bonds. The van der Waals surface area contributed by atoms with Crippen LogP contribution in [0.4, 0.5) is 0 Å². The van der Waals surface area contributed by atoms with E-state index in [-0.39, 0.29) is 5.56 Å². The van der Waals surface area contributed by atoms with Crippen LogP contribution in [0.3, 0.4) is 0 Å². The summed E-state index contributed by atoms with van der Waals surface area (Å²) < 4.78 is 12.1. The molecule has 0 unspecified atom stereocenters. The number of thiophene rings is 1. The first kappa shape index (κ1) is 18.5. The van der Waals surface area contributed by atoms with Gasteiger partial charge in [-0.25, -0.2) is 9.78 Å². The first-order valence-electron chi connectivity index (χ1n) is 8.61. The Bertz CT molecular complexity index is 1180. The zero-order chi connectivity index (χ0) is 19.5. The molecule has 0 N–H and O–H groups in total. The number of carbonyl (C=O) groups excluding carboxylic acids is 1. The lowest BCUT2D eigenvalue weighted by Crippen LogP contribution is -2.21. The summed E-state index contributed by atoms with van der Waals surface area (Å²) in [5.74, 6) is 0.412. The topological polar surface area (TPSA) is 74.3 Å². The molecule has 0 aliphatic heterocycles. The summed E-state index contributed by atoms with van der Waals surface area (Å²) in [7, 11) is 0. The van der Waals surface area contributed by atoms with Gasteiger partial charge >= 0.3 is 5.97 Å². The predicted molar refractivity (Wildman–Crippen MR) is 109 cm³/mol. The predicted octanol–water partition coefficient (Wildman–Crippen LogP) is 4.51. The summed E-state index contributed by atoms with van der Waals surface area (Å²) in [6, 6.07) is 12.7. The first-order valence-corrected chi connectivity index (χ1v) is 10.5. The summed E-state index contributed by atoms with van der Waals surface area (Å²) in [4.78, 5) is 30.5. The Kier molecular flexibility index (Phi) is 5.31. The average Bonchev–Trinajstić information content (AvgIpc) is 3.36. The van der Waals surface area contributed by atoms with Crippen molar-refractivity contribution in [3.63, 3.8) is 0 Å². The minimum atomic E-state index is -0.422. The number of aromatic nitrogens is 2. The number of furan rings is 1. The Labute approximate surface area is 168 Å². The normalized spacial score (nSPS) is 11.0. The number of nitrogens with zero attached hydrogens (tertiary/aromatic N) is 2. The summed E-state index contributed by atoms with van der Waals surface area (Å²) in [5, 5.41) is 2.98. The van der Waals surface area contributed by atoms with Gasteiger partial charge in [0.15, 0.2) is 5.16 Å². The van der Waals surface area contributed by atoms with E-state index in [1.165, 1.54) is 29.4 Å². The van der Waals surface area contributed by atoms with Crippen LogP contribution in [-0.4, -0.2) is 22.1 Å². The number of hydrogen-bond donors (Lipinski definition) is 0.